The van der Waals surface area contributed by atoms with Crippen molar-refractivity contribution in [1.29, 1.82) is 5.26 Å². The molecular formula is C19H18F3N3O. The number of alkyl halides is 3. The Balaban J connectivity index is 2.00. The largest absolute Gasteiger partial charge is 0.416 e. The molecule has 4 nitrogen and oxygen atoms in total. The molecule has 2 amide bonds. The number of nitrogens with zero attached hydrogens (tertiary/aromatic N) is 2. The maximum Gasteiger partial charge on any atom is 0.416 e. The fraction of sp³-hybridized carbons (Fsp3) is 0.263. The van der Waals surface area contributed by atoms with Crippen LogP contribution in [-0.4, -0.2) is 18.6 Å². The third-order valence-corrected chi connectivity index (χ3v) is 3.73. The molecule has 1 N–H and O–H groups in total. The van der Waals surface area contributed by atoms with Crippen LogP contribution in [0, 0.1) is 11.3 Å². The van der Waals surface area contributed by atoms with Crippen LogP contribution in [0.25, 0.3) is 0 Å². The van der Waals surface area contributed by atoms with Crippen molar-refractivity contribution in [2.24, 2.45) is 0 Å². The SMILES string of the molecule is C[C@@H](Cc1ccc(C(F)(F)F)cc1)NC(=O)N(CC#N)c1ccccc1. The van der Waals surface area contributed by atoms with Crippen molar-refractivity contribution in [2.45, 2.75) is 25.6 Å². The van der Waals surface area contributed by atoms with Crippen LogP contribution in [0.1, 0.15) is 18.1 Å². The maximum absolute atomic E-state index is 12.6. The van der Waals surface area contributed by atoms with Crippen LogP contribution in [0.15, 0.2) is 54.6 Å². The summed E-state index contributed by atoms with van der Waals surface area (Å²) in [6.07, 6.45) is -4.00. The summed E-state index contributed by atoms with van der Waals surface area (Å²) in [5.74, 6) is 0. The highest BCUT2D eigenvalue weighted by Crippen LogP contribution is 2.29. The van der Waals surface area contributed by atoms with E-state index in [9.17, 15) is 18.0 Å². The molecule has 0 aromatic heterocycles. The predicted octanol–water partition coefficient (Wildman–Crippen LogP) is 4.38. The first kappa shape index (κ1) is 19.3. The Morgan fingerprint density at radius 3 is 2.31 bits per heavy atom. The van der Waals surface area contributed by atoms with Gasteiger partial charge < -0.3 is 5.32 Å². The van der Waals surface area contributed by atoms with Crippen molar-refractivity contribution in [3.05, 3.63) is 65.7 Å². The van der Waals surface area contributed by atoms with E-state index in [-0.39, 0.29) is 12.6 Å². The van der Waals surface area contributed by atoms with Crippen molar-refractivity contribution in [2.75, 3.05) is 11.4 Å². The Hall–Kier alpha value is -3.01. The minimum atomic E-state index is -4.37. The Kier molecular flexibility index (Phi) is 6.23. The van der Waals surface area contributed by atoms with E-state index in [4.69, 9.17) is 5.26 Å². The number of carbonyl (C=O) groups is 1. The number of rotatable bonds is 5. The first-order valence-electron chi connectivity index (χ1n) is 7.97. The second-order valence-electron chi connectivity index (χ2n) is 5.83. The second-order valence-corrected chi connectivity index (χ2v) is 5.83. The molecule has 1 atom stereocenters. The molecule has 2 aromatic rings. The first-order valence-corrected chi connectivity index (χ1v) is 7.97. The number of urea groups is 1. The Morgan fingerprint density at radius 1 is 1.15 bits per heavy atom. The van der Waals surface area contributed by atoms with E-state index < -0.39 is 17.8 Å². The molecule has 0 aliphatic rings. The summed E-state index contributed by atoms with van der Waals surface area (Å²) in [7, 11) is 0. The minimum absolute atomic E-state index is 0.108. The van der Waals surface area contributed by atoms with Gasteiger partial charge in [0.05, 0.1) is 11.6 Å². The number of amides is 2. The summed E-state index contributed by atoms with van der Waals surface area (Å²) in [6, 6.07) is 14.8. The predicted molar refractivity (Wildman–Crippen MR) is 92.5 cm³/mol. The number of hydrogen-bond acceptors (Lipinski definition) is 2. The number of halogens is 3. The number of nitriles is 1. The van der Waals surface area contributed by atoms with Crippen molar-refractivity contribution in [1.82, 2.24) is 5.32 Å². The summed E-state index contributed by atoms with van der Waals surface area (Å²) in [4.78, 5) is 13.7. The lowest BCUT2D eigenvalue weighted by Crippen LogP contribution is -2.45. The van der Waals surface area contributed by atoms with Gasteiger partial charge in [0.25, 0.3) is 0 Å². The average Bonchev–Trinajstić information content (AvgIpc) is 2.60. The first-order chi connectivity index (χ1) is 12.3. The molecule has 0 bridgehead atoms. The van der Waals surface area contributed by atoms with Crippen molar-refractivity contribution >= 4 is 11.7 Å². The molecule has 26 heavy (non-hydrogen) atoms. The number of para-hydroxylation sites is 1. The van der Waals surface area contributed by atoms with E-state index in [0.717, 1.165) is 12.1 Å². The molecule has 0 aliphatic carbocycles. The quantitative estimate of drug-likeness (QED) is 0.804. The molecule has 136 valence electrons. The molecule has 0 saturated carbocycles. The zero-order valence-corrected chi connectivity index (χ0v) is 14.1. The number of anilines is 1. The highest BCUT2D eigenvalue weighted by Gasteiger charge is 2.30. The van der Waals surface area contributed by atoms with E-state index in [1.807, 2.05) is 6.07 Å². The minimum Gasteiger partial charge on any atom is -0.335 e. The van der Waals surface area contributed by atoms with Gasteiger partial charge in [-0.3, -0.25) is 4.90 Å². The molecule has 2 rings (SSSR count). The summed E-state index contributed by atoms with van der Waals surface area (Å²) in [6.45, 7) is 1.65. The average molecular weight is 361 g/mol. The van der Waals surface area contributed by atoms with E-state index in [2.05, 4.69) is 5.32 Å². The Bertz CT molecular complexity index is 767. The van der Waals surface area contributed by atoms with Crippen molar-refractivity contribution in [3.63, 3.8) is 0 Å². The lowest BCUT2D eigenvalue weighted by Gasteiger charge is -2.23. The van der Waals surface area contributed by atoms with Crippen LogP contribution in [0.2, 0.25) is 0 Å². The monoisotopic (exact) mass is 361 g/mol. The summed E-state index contributed by atoms with van der Waals surface area (Å²) >= 11 is 0. The van der Waals surface area contributed by atoms with Crippen LogP contribution in [-0.2, 0) is 12.6 Å². The lowest BCUT2D eigenvalue weighted by atomic mass is 10.1. The van der Waals surface area contributed by atoms with Gasteiger partial charge in [-0.1, -0.05) is 30.3 Å². The molecule has 7 heteroatoms. The van der Waals surface area contributed by atoms with Gasteiger partial charge in [0, 0.05) is 11.7 Å². The van der Waals surface area contributed by atoms with Crippen LogP contribution < -0.4 is 10.2 Å². The standard InChI is InChI=1S/C19H18F3N3O/c1-14(13-15-7-9-16(10-8-15)19(20,21)22)24-18(26)25(12-11-23)17-5-3-2-4-6-17/h2-10,14H,12-13H2,1H3,(H,24,26)/t14-/m0/s1. The van der Waals surface area contributed by atoms with Crippen molar-refractivity contribution in [3.8, 4) is 6.07 Å². The molecule has 0 unspecified atom stereocenters. The van der Waals surface area contributed by atoms with Crippen LogP contribution in [0.4, 0.5) is 23.7 Å². The zero-order valence-electron chi connectivity index (χ0n) is 14.1. The smallest absolute Gasteiger partial charge is 0.335 e. The molecule has 0 fully saturated rings. The number of carbonyl (C=O) groups excluding carboxylic acids is 1. The topological polar surface area (TPSA) is 56.1 Å². The van der Waals surface area contributed by atoms with Gasteiger partial charge in [-0.25, -0.2) is 4.79 Å². The fourth-order valence-electron chi connectivity index (χ4n) is 2.48. The van der Waals surface area contributed by atoms with Gasteiger partial charge in [0.1, 0.15) is 6.54 Å². The van der Waals surface area contributed by atoms with Gasteiger partial charge in [0.2, 0.25) is 0 Å². The number of benzene rings is 2. The molecular weight excluding hydrogens is 343 g/mol. The van der Waals surface area contributed by atoms with Gasteiger partial charge in [-0.15, -0.1) is 0 Å². The summed E-state index contributed by atoms with van der Waals surface area (Å²) in [5.41, 5.74) is 0.563. The van der Waals surface area contributed by atoms with Gasteiger partial charge >= 0.3 is 12.2 Å². The lowest BCUT2D eigenvalue weighted by molar-refractivity contribution is -0.137. The second kappa shape index (κ2) is 8.39. The van der Waals surface area contributed by atoms with E-state index in [0.29, 0.717) is 17.7 Å². The molecule has 2 aromatic carbocycles. The summed E-state index contributed by atoms with van der Waals surface area (Å²) < 4.78 is 37.8. The van der Waals surface area contributed by atoms with E-state index >= 15 is 0 Å². The van der Waals surface area contributed by atoms with E-state index in [1.54, 1.807) is 37.3 Å². The fourth-order valence-corrected chi connectivity index (χ4v) is 2.48. The number of hydrogen-bond donors (Lipinski definition) is 1. The van der Waals surface area contributed by atoms with E-state index in [1.165, 1.54) is 17.0 Å². The molecule has 0 radical (unpaired) electrons. The third-order valence-electron chi connectivity index (χ3n) is 3.73. The van der Waals surface area contributed by atoms with Crippen LogP contribution >= 0.6 is 0 Å². The highest BCUT2D eigenvalue weighted by atomic mass is 19.4. The highest BCUT2D eigenvalue weighted by molar-refractivity contribution is 5.92. The molecule has 0 aliphatic heterocycles. The molecule has 0 heterocycles. The normalized spacial score (nSPS) is 12.1. The Morgan fingerprint density at radius 2 is 1.77 bits per heavy atom. The molecule has 0 saturated heterocycles. The Labute approximate surface area is 149 Å². The zero-order chi connectivity index (χ0) is 19.2. The van der Waals surface area contributed by atoms with Crippen molar-refractivity contribution < 1.29 is 18.0 Å². The van der Waals surface area contributed by atoms with Crippen LogP contribution in [0.5, 0.6) is 0 Å². The number of nitrogens with one attached hydrogen (secondary N) is 1. The summed E-state index contributed by atoms with van der Waals surface area (Å²) in [5, 5.41) is 11.7. The maximum atomic E-state index is 12.6. The van der Waals surface area contributed by atoms with Crippen LogP contribution in [0.3, 0.4) is 0 Å². The van der Waals surface area contributed by atoms with Gasteiger partial charge in [-0.05, 0) is 43.2 Å². The third kappa shape index (κ3) is 5.24. The van der Waals surface area contributed by atoms with Gasteiger partial charge in [-0.2, -0.15) is 18.4 Å². The molecule has 0 spiro atoms. The van der Waals surface area contributed by atoms with Gasteiger partial charge in [0.15, 0.2) is 0 Å².